The zero-order valence-electron chi connectivity index (χ0n) is 19.9. The molecule has 0 saturated heterocycles. The summed E-state index contributed by atoms with van der Waals surface area (Å²) in [6.07, 6.45) is 4.78. The number of amides is 1. The highest BCUT2D eigenvalue weighted by atomic mass is 35.5. The van der Waals surface area contributed by atoms with E-state index < -0.39 is 6.04 Å². The van der Waals surface area contributed by atoms with Crippen molar-refractivity contribution in [2.45, 2.75) is 32.7 Å². The van der Waals surface area contributed by atoms with Gasteiger partial charge >= 0.3 is 0 Å². The lowest BCUT2D eigenvalue weighted by Gasteiger charge is -2.31. The summed E-state index contributed by atoms with van der Waals surface area (Å²) in [7, 11) is 0. The quantitative estimate of drug-likeness (QED) is 0.270. The minimum atomic E-state index is -0.404. The summed E-state index contributed by atoms with van der Waals surface area (Å²) in [4.78, 5) is 33.9. The van der Waals surface area contributed by atoms with E-state index in [1.807, 2.05) is 80.6 Å². The predicted molar refractivity (Wildman–Crippen MR) is 143 cm³/mol. The molecule has 4 rings (SSSR count). The van der Waals surface area contributed by atoms with Crippen LogP contribution in [0.2, 0.25) is 5.02 Å². The second-order valence-electron chi connectivity index (χ2n) is 8.31. The molecule has 0 N–H and O–H groups in total. The smallest absolute Gasteiger partial charge is 0.266 e. The molecule has 3 aromatic carbocycles. The number of carbonyl (C=O) groups excluding carboxylic acids is 1. The number of halogens is 1. The summed E-state index contributed by atoms with van der Waals surface area (Å²) in [5.74, 6) is 0.399. The monoisotopic (exact) mass is 485 g/mol. The maximum Gasteiger partial charge on any atom is 0.266 e. The van der Waals surface area contributed by atoms with Crippen molar-refractivity contribution in [1.82, 2.24) is 14.5 Å². The van der Waals surface area contributed by atoms with Gasteiger partial charge in [-0.2, -0.15) is 0 Å². The van der Waals surface area contributed by atoms with E-state index >= 15 is 0 Å². The molecule has 0 radical (unpaired) electrons. The summed E-state index contributed by atoms with van der Waals surface area (Å²) >= 11 is 6.28. The maximum absolute atomic E-state index is 13.7. The number of carbonyl (C=O) groups is 1. The number of fused-ring (bicyclic) bond motifs is 1. The minimum Gasteiger partial charge on any atom is -0.329 e. The Morgan fingerprint density at radius 3 is 2.49 bits per heavy atom. The van der Waals surface area contributed by atoms with Gasteiger partial charge in [-0.3, -0.25) is 14.2 Å². The topological polar surface area (TPSA) is 55.2 Å². The molecule has 35 heavy (non-hydrogen) atoms. The molecule has 1 aromatic heterocycles. The lowest BCUT2D eigenvalue weighted by Crippen LogP contribution is -2.38. The standard InChI is InChI=1S/C29H28ClN3O2/c1-3-19-32(27(34)18-17-21-11-6-5-7-12-21)26(4-2)28-31-25-16-9-8-15-24(25)29(35)33(28)23-14-10-13-22(30)20-23/h5-18,20,26H,3-4,19H2,1-2H3/b18-17+. The van der Waals surface area contributed by atoms with Gasteiger partial charge in [0.1, 0.15) is 5.82 Å². The summed E-state index contributed by atoms with van der Waals surface area (Å²) in [6, 6.07) is 23.8. The summed E-state index contributed by atoms with van der Waals surface area (Å²) in [5.41, 5.74) is 1.99. The van der Waals surface area contributed by atoms with E-state index in [4.69, 9.17) is 16.6 Å². The molecule has 1 heterocycles. The van der Waals surface area contributed by atoms with Crippen LogP contribution in [0.5, 0.6) is 0 Å². The van der Waals surface area contributed by atoms with Crippen molar-refractivity contribution in [3.05, 3.63) is 112 Å². The third-order valence-corrected chi connectivity index (χ3v) is 6.13. The average molecular weight is 486 g/mol. The molecule has 178 valence electrons. The van der Waals surface area contributed by atoms with Crippen LogP contribution in [0.1, 0.15) is 44.1 Å². The largest absolute Gasteiger partial charge is 0.329 e. The zero-order valence-corrected chi connectivity index (χ0v) is 20.7. The molecule has 1 atom stereocenters. The van der Waals surface area contributed by atoms with Gasteiger partial charge in [0.05, 0.1) is 22.6 Å². The first-order valence-corrected chi connectivity index (χ1v) is 12.2. The molecule has 0 bridgehead atoms. The fourth-order valence-electron chi connectivity index (χ4n) is 4.27. The number of nitrogens with zero attached hydrogens (tertiary/aromatic N) is 3. The Morgan fingerprint density at radius 1 is 1.03 bits per heavy atom. The fraction of sp³-hybridized carbons (Fsp3) is 0.207. The van der Waals surface area contributed by atoms with Gasteiger partial charge in [0.2, 0.25) is 5.91 Å². The molecule has 5 nitrogen and oxygen atoms in total. The molecule has 0 aliphatic heterocycles. The van der Waals surface area contributed by atoms with Crippen molar-refractivity contribution >= 4 is 34.5 Å². The van der Waals surface area contributed by atoms with Crippen LogP contribution >= 0.6 is 11.6 Å². The van der Waals surface area contributed by atoms with E-state index in [1.165, 1.54) is 0 Å². The van der Waals surface area contributed by atoms with Gasteiger partial charge in [0.15, 0.2) is 0 Å². The van der Waals surface area contributed by atoms with E-state index in [1.54, 1.807) is 33.7 Å². The van der Waals surface area contributed by atoms with Gasteiger partial charge in [0, 0.05) is 17.6 Å². The molecular formula is C29H28ClN3O2. The normalized spacial score (nSPS) is 12.2. The number of rotatable bonds is 8. The molecule has 0 aliphatic rings. The van der Waals surface area contributed by atoms with Crippen LogP contribution in [0.3, 0.4) is 0 Å². The van der Waals surface area contributed by atoms with Crippen molar-refractivity contribution in [3.63, 3.8) is 0 Å². The Bertz CT molecular complexity index is 1410. The van der Waals surface area contributed by atoms with Crippen LogP contribution in [0.4, 0.5) is 0 Å². The lowest BCUT2D eigenvalue weighted by molar-refractivity contribution is -0.128. The number of benzene rings is 3. The Hall–Kier alpha value is -3.70. The van der Waals surface area contributed by atoms with Crippen LogP contribution in [0.25, 0.3) is 22.7 Å². The fourth-order valence-corrected chi connectivity index (χ4v) is 4.45. The lowest BCUT2D eigenvalue weighted by atomic mass is 10.1. The molecule has 0 aliphatic carbocycles. The Morgan fingerprint density at radius 2 is 1.77 bits per heavy atom. The van der Waals surface area contributed by atoms with Gasteiger partial charge in [-0.15, -0.1) is 0 Å². The average Bonchev–Trinajstić information content (AvgIpc) is 2.88. The van der Waals surface area contributed by atoms with Gasteiger partial charge in [-0.1, -0.05) is 74.0 Å². The molecule has 1 amide bonds. The van der Waals surface area contributed by atoms with E-state index in [0.29, 0.717) is 40.4 Å². The Balaban J connectivity index is 1.86. The van der Waals surface area contributed by atoms with Gasteiger partial charge in [-0.05, 0) is 54.8 Å². The SMILES string of the molecule is CCCN(C(=O)/C=C/c1ccccc1)C(CC)c1nc2ccccc2c(=O)n1-c1cccc(Cl)c1. The highest BCUT2D eigenvalue weighted by Crippen LogP contribution is 2.27. The van der Waals surface area contributed by atoms with Crippen molar-refractivity contribution in [1.29, 1.82) is 0 Å². The molecule has 0 saturated carbocycles. The molecule has 0 spiro atoms. The van der Waals surface area contributed by atoms with Crippen LogP contribution < -0.4 is 5.56 Å². The Kier molecular flexibility index (Phi) is 7.78. The van der Waals surface area contributed by atoms with Crippen molar-refractivity contribution < 1.29 is 4.79 Å². The molecule has 0 fully saturated rings. The molecule has 4 aromatic rings. The van der Waals surface area contributed by atoms with E-state index in [9.17, 15) is 9.59 Å². The minimum absolute atomic E-state index is 0.123. The van der Waals surface area contributed by atoms with E-state index in [0.717, 1.165) is 12.0 Å². The zero-order chi connectivity index (χ0) is 24.8. The third kappa shape index (κ3) is 5.36. The van der Waals surface area contributed by atoms with E-state index in [-0.39, 0.29) is 11.5 Å². The van der Waals surface area contributed by atoms with Crippen LogP contribution in [-0.4, -0.2) is 26.9 Å². The Labute approximate surface area is 210 Å². The summed E-state index contributed by atoms with van der Waals surface area (Å²) in [6.45, 7) is 4.58. The number of hydrogen-bond acceptors (Lipinski definition) is 3. The summed E-state index contributed by atoms with van der Waals surface area (Å²) in [5, 5.41) is 1.04. The second kappa shape index (κ2) is 11.2. The van der Waals surface area contributed by atoms with Crippen LogP contribution in [0, 0.1) is 0 Å². The van der Waals surface area contributed by atoms with Gasteiger partial charge in [-0.25, -0.2) is 4.98 Å². The number of para-hydroxylation sites is 1. The van der Waals surface area contributed by atoms with Gasteiger partial charge < -0.3 is 4.90 Å². The highest BCUT2D eigenvalue weighted by molar-refractivity contribution is 6.30. The molecular weight excluding hydrogens is 458 g/mol. The number of hydrogen-bond donors (Lipinski definition) is 0. The first-order valence-electron chi connectivity index (χ1n) is 11.8. The summed E-state index contributed by atoms with van der Waals surface area (Å²) < 4.78 is 1.60. The first kappa shape index (κ1) is 24.4. The van der Waals surface area contributed by atoms with Crippen molar-refractivity contribution in [2.24, 2.45) is 0 Å². The van der Waals surface area contributed by atoms with Gasteiger partial charge in [0.25, 0.3) is 5.56 Å². The maximum atomic E-state index is 13.7. The number of aromatic nitrogens is 2. The van der Waals surface area contributed by atoms with Crippen molar-refractivity contribution in [2.75, 3.05) is 6.54 Å². The van der Waals surface area contributed by atoms with Crippen LogP contribution in [-0.2, 0) is 4.79 Å². The highest BCUT2D eigenvalue weighted by Gasteiger charge is 2.27. The van der Waals surface area contributed by atoms with E-state index in [2.05, 4.69) is 0 Å². The molecule has 6 heteroatoms. The van der Waals surface area contributed by atoms with Crippen molar-refractivity contribution in [3.8, 4) is 5.69 Å². The first-order chi connectivity index (χ1) is 17.0. The third-order valence-electron chi connectivity index (χ3n) is 5.89. The predicted octanol–water partition coefficient (Wildman–Crippen LogP) is 6.44. The van der Waals surface area contributed by atoms with Crippen LogP contribution in [0.15, 0.2) is 89.7 Å². The second-order valence-corrected chi connectivity index (χ2v) is 8.74. The molecule has 1 unspecified atom stereocenters.